The second-order valence-electron chi connectivity index (χ2n) is 15.8. The normalized spacial score (nSPS) is 44.4. The van der Waals surface area contributed by atoms with E-state index in [1.807, 2.05) is 0 Å². The van der Waals surface area contributed by atoms with Crippen molar-refractivity contribution in [3.63, 3.8) is 0 Å². The maximum absolute atomic E-state index is 13.5. The van der Waals surface area contributed by atoms with Crippen molar-refractivity contribution in [1.29, 1.82) is 0 Å². The van der Waals surface area contributed by atoms with E-state index >= 15 is 0 Å². The number of benzene rings is 1. The number of rotatable bonds is 6. The van der Waals surface area contributed by atoms with Crippen LogP contribution in [0.4, 0.5) is 0 Å². The van der Waals surface area contributed by atoms with Crippen molar-refractivity contribution < 1.29 is 4.21 Å². The van der Waals surface area contributed by atoms with Crippen molar-refractivity contribution in [2.24, 2.45) is 35.5 Å². The standard InChI is InChI=1S/C33H50NOPS/c1-22(34(5)37(35)31(2,3)4)29-8-6-7-9-30(29)36(32-16-23-10-24(17-32)12-25(11-23)18-32)33-19-26-13-27(20-33)15-28(14-26)21-33/h6-9,22-28H,10-21H2,1-5H3/t22-,23?,24?,25?,26?,27?,28?,32?,33?,36?,37-/m1/s1. The fraction of sp³-hybridized carbons (Fsp3) is 0.818. The van der Waals surface area contributed by atoms with Crippen LogP contribution in [-0.2, 0) is 11.0 Å². The zero-order chi connectivity index (χ0) is 25.7. The summed E-state index contributed by atoms with van der Waals surface area (Å²) in [5.74, 6) is 6.03. The Balaban J connectivity index is 1.35. The lowest BCUT2D eigenvalue weighted by Gasteiger charge is -2.67. The van der Waals surface area contributed by atoms with Crippen molar-refractivity contribution in [3.05, 3.63) is 29.8 Å². The average molecular weight is 540 g/mol. The van der Waals surface area contributed by atoms with E-state index in [0.717, 1.165) is 35.5 Å². The highest BCUT2D eigenvalue weighted by molar-refractivity contribution is 7.84. The molecule has 204 valence electrons. The average Bonchev–Trinajstić information content (AvgIpc) is 2.80. The number of hydrogen-bond donors (Lipinski definition) is 0. The molecule has 8 bridgehead atoms. The van der Waals surface area contributed by atoms with Crippen molar-refractivity contribution >= 4 is 24.2 Å². The summed E-state index contributed by atoms with van der Waals surface area (Å²) in [5.41, 5.74) is 1.51. The molecule has 0 saturated heterocycles. The molecular formula is C33H50NOPS. The van der Waals surface area contributed by atoms with Crippen molar-refractivity contribution in [2.45, 2.75) is 126 Å². The van der Waals surface area contributed by atoms with Gasteiger partial charge >= 0.3 is 0 Å². The lowest BCUT2D eigenvalue weighted by molar-refractivity contribution is 0.0195. The first-order valence-corrected chi connectivity index (χ1v) is 18.0. The van der Waals surface area contributed by atoms with E-state index in [1.165, 1.54) is 82.6 Å². The molecule has 1 aromatic carbocycles. The van der Waals surface area contributed by atoms with Crippen LogP contribution in [0.1, 0.15) is 116 Å². The van der Waals surface area contributed by atoms with Crippen LogP contribution in [0.15, 0.2) is 24.3 Å². The Morgan fingerprint density at radius 1 is 0.784 bits per heavy atom. The van der Waals surface area contributed by atoms with Crippen LogP contribution < -0.4 is 5.30 Å². The van der Waals surface area contributed by atoms with Crippen LogP contribution in [0, 0.1) is 35.5 Å². The Kier molecular flexibility index (Phi) is 6.17. The molecule has 8 saturated carbocycles. The van der Waals surface area contributed by atoms with Crippen molar-refractivity contribution in [2.75, 3.05) is 7.05 Å². The molecule has 0 amide bonds. The summed E-state index contributed by atoms with van der Waals surface area (Å²) in [7, 11) is 0.843. The highest BCUT2D eigenvalue weighted by atomic mass is 32.2. The third kappa shape index (κ3) is 4.18. The summed E-state index contributed by atoms with van der Waals surface area (Å²) in [5, 5.41) is 2.90. The molecule has 9 rings (SSSR count). The van der Waals surface area contributed by atoms with Crippen LogP contribution >= 0.6 is 7.92 Å². The molecule has 37 heavy (non-hydrogen) atoms. The summed E-state index contributed by atoms with van der Waals surface area (Å²) in [6, 6.07) is 9.85. The lowest BCUT2D eigenvalue weighted by atomic mass is 9.55. The van der Waals surface area contributed by atoms with Gasteiger partial charge < -0.3 is 0 Å². The maximum atomic E-state index is 13.5. The Morgan fingerprint density at radius 2 is 1.16 bits per heavy atom. The third-order valence-corrected chi connectivity index (χ3v) is 17.7. The van der Waals surface area contributed by atoms with Gasteiger partial charge in [-0.3, -0.25) is 0 Å². The van der Waals surface area contributed by atoms with E-state index < -0.39 is 11.0 Å². The van der Waals surface area contributed by atoms with E-state index in [1.54, 1.807) is 5.30 Å². The Hall–Kier alpha value is -0.240. The summed E-state index contributed by atoms with van der Waals surface area (Å²) < 4.78 is 15.5. The molecule has 0 radical (unpaired) electrons. The molecule has 0 aliphatic heterocycles. The summed E-state index contributed by atoms with van der Waals surface area (Å²) >= 11 is 0. The molecule has 0 N–H and O–H groups in total. The van der Waals surface area contributed by atoms with E-state index in [-0.39, 0.29) is 18.7 Å². The molecule has 0 aromatic heterocycles. The third-order valence-electron chi connectivity index (χ3n) is 11.9. The van der Waals surface area contributed by atoms with Gasteiger partial charge in [0.25, 0.3) is 0 Å². The van der Waals surface area contributed by atoms with Gasteiger partial charge in [-0.25, -0.2) is 8.51 Å². The predicted octanol–water partition coefficient (Wildman–Crippen LogP) is 8.19. The molecule has 1 aromatic rings. The first kappa shape index (κ1) is 25.7. The molecule has 0 unspecified atom stereocenters. The summed E-state index contributed by atoms with van der Waals surface area (Å²) in [6.45, 7) is 8.71. The zero-order valence-electron chi connectivity index (χ0n) is 24.0. The fourth-order valence-corrected chi connectivity index (χ4v) is 18.2. The number of hydrogen-bond acceptors (Lipinski definition) is 1. The van der Waals surface area contributed by atoms with Crippen LogP contribution in [0.2, 0.25) is 0 Å². The van der Waals surface area contributed by atoms with Crippen LogP contribution in [0.5, 0.6) is 0 Å². The second kappa shape index (κ2) is 8.88. The first-order chi connectivity index (χ1) is 17.6. The van der Waals surface area contributed by atoms with Crippen molar-refractivity contribution in [3.8, 4) is 0 Å². The Bertz CT molecular complexity index is 960. The molecule has 8 aliphatic rings. The maximum Gasteiger partial charge on any atom is 0.1000 e. The van der Waals surface area contributed by atoms with Crippen LogP contribution in [0.25, 0.3) is 0 Å². The first-order valence-electron chi connectivity index (χ1n) is 15.6. The van der Waals surface area contributed by atoms with Gasteiger partial charge in [0.2, 0.25) is 0 Å². The topological polar surface area (TPSA) is 20.3 Å². The monoisotopic (exact) mass is 539 g/mol. The highest BCUT2D eigenvalue weighted by Crippen LogP contribution is 2.78. The lowest BCUT2D eigenvalue weighted by Crippen LogP contribution is -2.58. The minimum atomic E-state index is -1.01. The molecule has 4 heteroatoms. The fourth-order valence-electron chi connectivity index (χ4n) is 11.5. The predicted molar refractivity (Wildman–Crippen MR) is 159 cm³/mol. The number of nitrogens with zero attached hydrogens (tertiary/aromatic N) is 1. The van der Waals surface area contributed by atoms with Gasteiger partial charge in [-0.2, -0.15) is 0 Å². The van der Waals surface area contributed by atoms with Crippen LogP contribution in [-0.4, -0.2) is 30.6 Å². The highest BCUT2D eigenvalue weighted by Gasteiger charge is 2.63. The smallest absolute Gasteiger partial charge is 0.1000 e. The molecule has 8 aliphatic carbocycles. The molecule has 2 atom stereocenters. The van der Waals surface area contributed by atoms with E-state index in [4.69, 9.17) is 0 Å². The van der Waals surface area contributed by atoms with E-state index in [2.05, 4.69) is 63.3 Å². The molecule has 8 fully saturated rings. The summed E-state index contributed by atoms with van der Waals surface area (Å²) in [6.07, 6.45) is 18.4. The van der Waals surface area contributed by atoms with Gasteiger partial charge in [-0.15, -0.1) is 0 Å². The van der Waals surface area contributed by atoms with Crippen LogP contribution in [0.3, 0.4) is 0 Å². The minimum absolute atomic E-state index is 0.184. The van der Waals surface area contributed by atoms with Gasteiger partial charge in [-0.1, -0.05) is 32.2 Å². The molecule has 2 nitrogen and oxygen atoms in total. The van der Waals surface area contributed by atoms with Gasteiger partial charge in [0, 0.05) is 13.1 Å². The largest absolute Gasteiger partial charge is 0.242 e. The van der Waals surface area contributed by atoms with Gasteiger partial charge in [0.05, 0.1) is 15.7 Å². The Morgan fingerprint density at radius 3 is 1.54 bits per heavy atom. The van der Waals surface area contributed by atoms with Gasteiger partial charge in [0.1, 0.15) is 0 Å². The second-order valence-corrected chi connectivity index (χ2v) is 21.1. The van der Waals surface area contributed by atoms with Crippen molar-refractivity contribution in [1.82, 2.24) is 4.31 Å². The van der Waals surface area contributed by atoms with Gasteiger partial charge in [-0.05, 0) is 161 Å². The zero-order valence-corrected chi connectivity index (χ0v) is 25.8. The SMILES string of the molecule is C[C@H](c1ccccc1P(C12CC3CC(CC(C3)C1)C2)C12CC3CC(CC(C3)C1)C2)N(C)[S@](=O)C(C)(C)C. The van der Waals surface area contributed by atoms with Gasteiger partial charge in [0.15, 0.2) is 0 Å². The Labute approximate surface area is 230 Å². The van der Waals surface area contributed by atoms with E-state index in [9.17, 15) is 4.21 Å². The summed E-state index contributed by atoms with van der Waals surface area (Å²) in [4.78, 5) is 0. The van der Waals surface area contributed by atoms with E-state index in [0.29, 0.717) is 10.3 Å². The molecular weight excluding hydrogens is 489 g/mol. The molecule has 0 spiro atoms. The minimum Gasteiger partial charge on any atom is -0.242 e. The molecule has 0 heterocycles. The quantitative estimate of drug-likeness (QED) is 0.334.